The summed E-state index contributed by atoms with van der Waals surface area (Å²) in [5.41, 5.74) is 0. The van der Waals surface area contributed by atoms with Gasteiger partial charge in [-0.1, -0.05) is 6.92 Å². The highest BCUT2D eigenvalue weighted by Crippen LogP contribution is 2.24. The van der Waals surface area contributed by atoms with Crippen LogP contribution in [0.2, 0.25) is 0 Å². The second-order valence-electron chi connectivity index (χ2n) is 2.32. The highest BCUT2D eigenvalue weighted by Gasteiger charge is 2.22. The first kappa shape index (κ1) is 7.90. The molecule has 1 fully saturated rings. The molecule has 1 rings (SSSR count). The first-order valence-electron chi connectivity index (χ1n) is 3.49. The van der Waals surface area contributed by atoms with Gasteiger partial charge >= 0.3 is 0 Å². The van der Waals surface area contributed by atoms with Crippen LogP contribution in [0.25, 0.3) is 0 Å². The summed E-state index contributed by atoms with van der Waals surface area (Å²) in [7, 11) is 0. The van der Waals surface area contributed by atoms with Crippen molar-refractivity contribution in [1.29, 1.82) is 5.26 Å². The lowest BCUT2D eigenvalue weighted by Crippen LogP contribution is -2.31. The highest BCUT2D eigenvalue weighted by molar-refractivity contribution is 8.00. The second kappa shape index (κ2) is 3.85. The van der Waals surface area contributed by atoms with E-state index in [1.165, 1.54) is 0 Å². The van der Waals surface area contributed by atoms with Gasteiger partial charge in [0, 0.05) is 0 Å². The van der Waals surface area contributed by atoms with Crippen LogP contribution in [0.4, 0.5) is 0 Å². The summed E-state index contributed by atoms with van der Waals surface area (Å²) >= 11 is 1.75. The van der Waals surface area contributed by atoms with Crippen molar-refractivity contribution in [2.24, 2.45) is 0 Å². The first-order valence-corrected chi connectivity index (χ1v) is 4.44. The second-order valence-corrected chi connectivity index (χ2v) is 3.83. The quantitative estimate of drug-likeness (QED) is 0.621. The maximum absolute atomic E-state index is 8.58. The minimum Gasteiger partial charge on any atom is -0.379 e. The van der Waals surface area contributed by atoms with Crippen molar-refractivity contribution in [3.05, 3.63) is 0 Å². The molecule has 0 aliphatic carbocycles. The molecule has 0 radical (unpaired) electrons. The largest absolute Gasteiger partial charge is 0.379 e. The zero-order valence-corrected chi connectivity index (χ0v) is 6.86. The number of nitrogens with zero attached hydrogens (tertiary/aromatic N) is 1. The Morgan fingerprint density at radius 1 is 1.80 bits per heavy atom. The number of thioether (sulfide) groups is 1. The molecule has 0 aromatic carbocycles. The van der Waals surface area contributed by atoms with Crippen LogP contribution >= 0.6 is 11.8 Å². The number of rotatable bonds is 3. The topological polar surface area (TPSA) is 33.0 Å². The summed E-state index contributed by atoms with van der Waals surface area (Å²) < 4.78 is 4.99. The zero-order valence-electron chi connectivity index (χ0n) is 6.04. The van der Waals surface area contributed by atoms with Crippen molar-refractivity contribution in [3.8, 4) is 6.07 Å². The summed E-state index contributed by atoms with van der Waals surface area (Å²) in [4.78, 5) is 0. The minimum atomic E-state index is 0.175. The number of nitriles is 1. The Hall–Kier alpha value is -0.200. The van der Waals surface area contributed by atoms with Crippen molar-refractivity contribution in [3.63, 3.8) is 0 Å². The molecule has 0 saturated carbocycles. The van der Waals surface area contributed by atoms with E-state index in [0.717, 1.165) is 19.6 Å². The average Bonchev–Trinajstić information content (AvgIpc) is 1.87. The van der Waals surface area contributed by atoms with E-state index in [0.29, 0.717) is 5.25 Å². The lowest BCUT2D eigenvalue weighted by atomic mass is 10.4. The van der Waals surface area contributed by atoms with Crippen LogP contribution < -0.4 is 0 Å². The number of hydrogen-bond donors (Lipinski definition) is 0. The van der Waals surface area contributed by atoms with Crippen molar-refractivity contribution in [2.75, 3.05) is 13.2 Å². The van der Waals surface area contributed by atoms with Crippen LogP contribution in [0.1, 0.15) is 13.3 Å². The molecular formula is C7H11NOS. The summed E-state index contributed by atoms with van der Waals surface area (Å²) in [5.74, 6) is 0. The predicted molar refractivity (Wildman–Crippen MR) is 41.9 cm³/mol. The fraction of sp³-hybridized carbons (Fsp3) is 0.857. The van der Waals surface area contributed by atoms with Crippen molar-refractivity contribution in [2.45, 2.75) is 23.8 Å². The third kappa shape index (κ3) is 1.89. The molecule has 1 aliphatic rings. The molecular weight excluding hydrogens is 146 g/mol. The molecule has 1 aliphatic heterocycles. The molecule has 56 valence electrons. The van der Waals surface area contributed by atoms with Crippen LogP contribution in [0.3, 0.4) is 0 Å². The molecule has 0 N–H and O–H groups in total. The van der Waals surface area contributed by atoms with Crippen molar-refractivity contribution >= 4 is 11.8 Å². The smallest absolute Gasteiger partial charge is 0.0918 e. The van der Waals surface area contributed by atoms with Crippen LogP contribution in [0, 0.1) is 11.3 Å². The molecule has 0 aromatic heterocycles. The first-order chi connectivity index (χ1) is 4.86. The van der Waals surface area contributed by atoms with Crippen LogP contribution in [0.5, 0.6) is 0 Å². The molecule has 0 aromatic rings. The van der Waals surface area contributed by atoms with E-state index in [1.54, 1.807) is 11.8 Å². The van der Waals surface area contributed by atoms with Gasteiger partial charge in [-0.15, -0.1) is 11.8 Å². The van der Waals surface area contributed by atoms with Gasteiger partial charge in [0.2, 0.25) is 0 Å². The molecule has 0 spiro atoms. The number of hydrogen-bond acceptors (Lipinski definition) is 3. The SMILES string of the molecule is CCC(C#N)SC1COC1. The van der Waals surface area contributed by atoms with Gasteiger partial charge in [-0.2, -0.15) is 5.26 Å². The third-order valence-electron chi connectivity index (χ3n) is 1.48. The van der Waals surface area contributed by atoms with Crippen molar-refractivity contribution in [1.82, 2.24) is 0 Å². The zero-order chi connectivity index (χ0) is 7.40. The van der Waals surface area contributed by atoms with Gasteiger partial charge in [0.05, 0.1) is 29.8 Å². The van der Waals surface area contributed by atoms with E-state index in [1.807, 2.05) is 6.92 Å². The molecule has 0 bridgehead atoms. The van der Waals surface area contributed by atoms with Gasteiger partial charge in [-0.3, -0.25) is 0 Å². The highest BCUT2D eigenvalue weighted by atomic mass is 32.2. The summed E-state index contributed by atoms with van der Waals surface area (Å²) in [6, 6.07) is 2.26. The molecule has 0 amide bonds. The van der Waals surface area contributed by atoms with Crippen molar-refractivity contribution < 1.29 is 4.74 Å². The van der Waals surface area contributed by atoms with Gasteiger partial charge in [0.15, 0.2) is 0 Å². The fourth-order valence-corrected chi connectivity index (χ4v) is 1.81. The van der Waals surface area contributed by atoms with E-state index in [2.05, 4.69) is 6.07 Å². The summed E-state index contributed by atoms with van der Waals surface area (Å²) in [6.07, 6.45) is 0.942. The minimum absolute atomic E-state index is 0.175. The molecule has 1 unspecified atom stereocenters. The number of ether oxygens (including phenoxy) is 1. The Labute approximate surface area is 65.6 Å². The van der Waals surface area contributed by atoms with E-state index in [4.69, 9.17) is 10.00 Å². The van der Waals surface area contributed by atoms with Crippen LogP contribution in [-0.2, 0) is 4.74 Å². The third-order valence-corrected chi connectivity index (χ3v) is 2.90. The van der Waals surface area contributed by atoms with Crippen LogP contribution in [-0.4, -0.2) is 23.7 Å². The van der Waals surface area contributed by atoms with Crippen LogP contribution in [0.15, 0.2) is 0 Å². The summed E-state index contributed by atoms with van der Waals surface area (Å²) in [6.45, 7) is 3.71. The van der Waals surface area contributed by atoms with E-state index >= 15 is 0 Å². The van der Waals surface area contributed by atoms with E-state index < -0.39 is 0 Å². The molecule has 1 atom stereocenters. The van der Waals surface area contributed by atoms with Gasteiger partial charge in [0.1, 0.15) is 0 Å². The molecule has 3 heteroatoms. The Kier molecular flexibility index (Phi) is 3.04. The Morgan fingerprint density at radius 2 is 2.50 bits per heavy atom. The Morgan fingerprint density at radius 3 is 2.80 bits per heavy atom. The maximum Gasteiger partial charge on any atom is 0.0918 e. The standard InChI is InChI=1S/C7H11NOS/c1-2-6(3-8)10-7-4-9-5-7/h6-7H,2,4-5H2,1H3. The lowest BCUT2D eigenvalue weighted by Gasteiger charge is -2.26. The normalized spacial score (nSPS) is 21.2. The predicted octanol–water partition coefficient (Wildman–Crippen LogP) is 1.42. The van der Waals surface area contributed by atoms with Gasteiger partial charge < -0.3 is 4.74 Å². The Bertz CT molecular complexity index is 139. The molecule has 10 heavy (non-hydrogen) atoms. The monoisotopic (exact) mass is 157 g/mol. The van der Waals surface area contributed by atoms with Gasteiger partial charge in [-0.05, 0) is 6.42 Å². The average molecular weight is 157 g/mol. The molecule has 1 saturated heterocycles. The fourth-order valence-electron chi connectivity index (χ4n) is 0.743. The van der Waals surface area contributed by atoms with Gasteiger partial charge in [-0.25, -0.2) is 0 Å². The van der Waals surface area contributed by atoms with E-state index in [9.17, 15) is 0 Å². The maximum atomic E-state index is 8.58. The van der Waals surface area contributed by atoms with E-state index in [-0.39, 0.29) is 5.25 Å². The summed E-state index contributed by atoms with van der Waals surface area (Å²) in [5, 5.41) is 9.35. The lowest BCUT2D eigenvalue weighted by molar-refractivity contribution is 0.0454. The molecule has 1 heterocycles. The Balaban J connectivity index is 2.15. The van der Waals surface area contributed by atoms with Gasteiger partial charge in [0.25, 0.3) is 0 Å². The molecule has 2 nitrogen and oxygen atoms in total.